The smallest absolute Gasteiger partial charge is 0.217 e. The summed E-state index contributed by atoms with van der Waals surface area (Å²) in [7, 11) is -3.13. The lowest BCUT2D eigenvalue weighted by Gasteiger charge is -2.32. The number of sulfonamides is 1. The second-order valence-electron chi connectivity index (χ2n) is 5.93. The van der Waals surface area contributed by atoms with Gasteiger partial charge in [-0.25, -0.2) is 22.7 Å². The van der Waals surface area contributed by atoms with E-state index in [2.05, 4.69) is 9.97 Å². The minimum atomic E-state index is -3.13. The molecule has 3 rings (SSSR count). The van der Waals surface area contributed by atoms with Crippen LogP contribution in [0.2, 0.25) is 0 Å². The standard InChI is InChI=1S/C14H21N3O3S/c1-10-15-7-12(9-18)14(16-10)11-3-2-6-17(8-11)21(19,20)13-4-5-13/h7,11,13,18H,2-6,8-9H2,1H3. The Balaban J connectivity index is 1.84. The van der Waals surface area contributed by atoms with E-state index in [9.17, 15) is 13.5 Å². The Labute approximate surface area is 125 Å². The van der Waals surface area contributed by atoms with E-state index in [1.54, 1.807) is 10.5 Å². The van der Waals surface area contributed by atoms with Crippen LogP contribution in [0.1, 0.15) is 48.7 Å². The van der Waals surface area contributed by atoms with Gasteiger partial charge in [-0.2, -0.15) is 0 Å². The number of aryl methyl sites for hydroxylation is 1. The van der Waals surface area contributed by atoms with Gasteiger partial charge in [0.25, 0.3) is 0 Å². The van der Waals surface area contributed by atoms with Crippen LogP contribution >= 0.6 is 0 Å². The molecule has 1 saturated carbocycles. The highest BCUT2D eigenvalue weighted by Crippen LogP contribution is 2.35. The molecule has 1 unspecified atom stereocenters. The van der Waals surface area contributed by atoms with Gasteiger partial charge in [-0.3, -0.25) is 0 Å². The Morgan fingerprint density at radius 2 is 2.14 bits per heavy atom. The molecule has 1 atom stereocenters. The van der Waals surface area contributed by atoms with Crippen molar-refractivity contribution in [2.75, 3.05) is 13.1 Å². The lowest BCUT2D eigenvalue weighted by Crippen LogP contribution is -2.41. The van der Waals surface area contributed by atoms with Gasteiger partial charge in [-0.1, -0.05) is 0 Å². The molecule has 2 heterocycles. The predicted molar refractivity (Wildman–Crippen MR) is 78.2 cm³/mol. The lowest BCUT2D eigenvalue weighted by atomic mass is 9.93. The Kier molecular flexibility index (Phi) is 3.98. The Morgan fingerprint density at radius 1 is 1.38 bits per heavy atom. The Morgan fingerprint density at radius 3 is 2.81 bits per heavy atom. The van der Waals surface area contributed by atoms with Crippen molar-refractivity contribution in [1.82, 2.24) is 14.3 Å². The normalized spacial score (nSPS) is 24.2. The molecule has 0 radical (unpaired) electrons. The summed E-state index contributed by atoms with van der Waals surface area (Å²) in [4.78, 5) is 8.56. The molecule has 1 aromatic heterocycles. The van der Waals surface area contributed by atoms with Crippen LogP contribution in [-0.2, 0) is 16.6 Å². The van der Waals surface area contributed by atoms with E-state index in [1.165, 1.54) is 0 Å². The van der Waals surface area contributed by atoms with Gasteiger partial charge in [0.2, 0.25) is 10.0 Å². The van der Waals surface area contributed by atoms with Gasteiger partial charge in [0.05, 0.1) is 17.6 Å². The summed E-state index contributed by atoms with van der Waals surface area (Å²) >= 11 is 0. The van der Waals surface area contributed by atoms with Crippen molar-refractivity contribution in [3.63, 3.8) is 0 Å². The number of aromatic nitrogens is 2. The Bertz CT molecular complexity index is 628. The van der Waals surface area contributed by atoms with Gasteiger partial charge in [-0.15, -0.1) is 0 Å². The number of rotatable bonds is 4. The second-order valence-corrected chi connectivity index (χ2v) is 8.14. The van der Waals surface area contributed by atoms with Crippen LogP contribution in [0.5, 0.6) is 0 Å². The minimum absolute atomic E-state index is 0.0520. The van der Waals surface area contributed by atoms with Gasteiger partial charge in [-0.05, 0) is 32.6 Å². The minimum Gasteiger partial charge on any atom is -0.392 e. The summed E-state index contributed by atoms with van der Waals surface area (Å²) in [6.07, 6.45) is 4.96. The zero-order valence-corrected chi connectivity index (χ0v) is 13.0. The van der Waals surface area contributed by atoms with Crippen molar-refractivity contribution in [2.24, 2.45) is 0 Å². The summed E-state index contributed by atoms with van der Waals surface area (Å²) in [6.45, 7) is 2.78. The molecule has 1 N–H and O–H groups in total. The zero-order valence-electron chi connectivity index (χ0n) is 12.2. The topological polar surface area (TPSA) is 83.4 Å². The molecule has 116 valence electrons. The highest BCUT2D eigenvalue weighted by atomic mass is 32.2. The van der Waals surface area contributed by atoms with Crippen molar-refractivity contribution in [3.8, 4) is 0 Å². The molecule has 21 heavy (non-hydrogen) atoms. The summed E-state index contributed by atoms with van der Waals surface area (Å²) in [5.41, 5.74) is 1.51. The van der Waals surface area contributed by atoms with Crippen LogP contribution < -0.4 is 0 Å². The van der Waals surface area contributed by atoms with Gasteiger partial charge in [0, 0.05) is 30.8 Å². The Hall–Kier alpha value is -1.05. The predicted octanol–water partition coefficient (Wildman–Crippen LogP) is 0.949. The molecule has 7 heteroatoms. The molecule has 0 spiro atoms. The van der Waals surface area contributed by atoms with Gasteiger partial charge in [0.15, 0.2) is 0 Å². The summed E-state index contributed by atoms with van der Waals surface area (Å²) in [5.74, 6) is 0.709. The van der Waals surface area contributed by atoms with E-state index in [-0.39, 0.29) is 17.8 Å². The fourth-order valence-electron chi connectivity index (χ4n) is 2.96. The van der Waals surface area contributed by atoms with E-state index in [0.717, 1.165) is 31.4 Å². The van der Waals surface area contributed by atoms with E-state index in [4.69, 9.17) is 0 Å². The maximum atomic E-state index is 12.4. The molecule has 1 aliphatic heterocycles. The van der Waals surface area contributed by atoms with Crippen LogP contribution in [0, 0.1) is 6.92 Å². The van der Waals surface area contributed by atoms with Crippen LogP contribution in [-0.4, -0.2) is 46.1 Å². The van der Waals surface area contributed by atoms with Crippen LogP contribution in [0.15, 0.2) is 6.20 Å². The second kappa shape index (κ2) is 5.62. The third kappa shape index (κ3) is 2.95. The fourth-order valence-corrected chi connectivity index (χ4v) is 4.89. The highest BCUT2D eigenvalue weighted by molar-refractivity contribution is 7.90. The fraction of sp³-hybridized carbons (Fsp3) is 0.714. The molecular formula is C14H21N3O3S. The first kappa shape index (κ1) is 14.9. The quantitative estimate of drug-likeness (QED) is 0.895. The average Bonchev–Trinajstić information content (AvgIpc) is 3.32. The maximum Gasteiger partial charge on any atom is 0.217 e. The third-order valence-corrected chi connectivity index (χ3v) is 6.63. The summed E-state index contributed by atoms with van der Waals surface area (Å²) in [6, 6.07) is 0. The van der Waals surface area contributed by atoms with Crippen molar-refractivity contribution < 1.29 is 13.5 Å². The first-order valence-electron chi connectivity index (χ1n) is 7.44. The van der Waals surface area contributed by atoms with Crippen LogP contribution in [0.25, 0.3) is 0 Å². The lowest BCUT2D eigenvalue weighted by molar-refractivity contribution is 0.272. The highest BCUT2D eigenvalue weighted by Gasteiger charge is 2.42. The van der Waals surface area contributed by atoms with E-state index >= 15 is 0 Å². The van der Waals surface area contributed by atoms with Crippen molar-refractivity contribution >= 4 is 10.0 Å². The van der Waals surface area contributed by atoms with Crippen molar-refractivity contribution in [2.45, 2.75) is 50.4 Å². The number of aliphatic hydroxyl groups is 1. The van der Waals surface area contributed by atoms with Crippen molar-refractivity contribution in [1.29, 1.82) is 0 Å². The third-order valence-electron chi connectivity index (χ3n) is 4.27. The molecule has 6 nitrogen and oxygen atoms in total. The van der Waals surface area contributed by atoms with Gasteiger partial charge < -0.3 is 5.11 Å². The number of hydrogen-bond acceptors (Lipinski definition) is 5. The maximum absolute atomic E-state index is 12.4. The molecular weight excluding hydrogens is 290 g/mol. The van der Waals surface area contributed by atoms with E-state index in [0.29, 0.717) is 24.5 Å². The largest absolute Gasteiger partial charge is 0.392 e. The molecule has 0 bridgehead atoms. The van der Waals surface area contributed by atoms with Crippen molar-refractivity contribution in [3.05, 3.63) is 23.3 Å². The monoisotopic (exact) mass is 311 g/mol. The molecule has 1 saturated heterocycles. The molecule has 0 amide bonds. The van der Waals surface area contributed by atoms with Gasteiger partial charge in [0.1, 0.15) is 5.82 Å². The van der Waals surface area contributed by atoms with Crippen LogP contribution in [0.4, 0.5) is 0 Å². The van der Waals surface area contributed by atoms with E-state index < -0.39 is 10.0 Å². The molecule has 1 aromatic rings. The number of hydrogen-bond donors (Lipinski definition) is 1. The summed E-state index contributed by atoms with van der Waals surface area (Å²) in [5, 5.41) is 9.29. The SMILES string of the molecule is Cc1ncc(CO)c(C2CCCN(S(=O)(=O)C3CC3)C2)n1. The van der Waals surface area contributed by atoms with Gasteiger partial charge >= 0.3 is 0 Å². The molecule has 0 aromatic carbocycles. The first-order valence-corrected chi connectivity index (χ1v) is 8.95. The zero-order chi connectivity index (χ0) is 15.0. The van der Waals surface area contributed by atoms with E-state index in [1.807, 2.05) is 6.92 Å². The average molecular weight is 311 g/mol. The first-order chi connectivity index (χ1) is 10.0. The molecule has 2 aliphatic rings. The molecule has 2 fully saturated rings. The van der Waals surface area contributed by atoms with Crippen LogP contribution in [0.3, 0.4) is 0 Å². The number of nitrogens with zero attached hydrogens (tertiary/aromatic N) is 3. The number of piperidine rings is 1. The number of aliphatic hydroxyl groups excluding tert-OH is 1. The summed E-state index contributed by atoms with van der Waals surface area (Å²) < 4.78 is 26.4. The molecule has 1 aliphatic carbocycles.